The fourth-order valence-electron chi connectivity index (χ4n) is 2.28. The Hall–Kier alpha value is -2.54. The van der Waals surface area contributed by atoms with E-state index in [1.165, 1.54) is 19.2 Å². The highest BCUT2D eigenvalue weighted by Gasteiger charge is 2.25. The Labute approximate surface area is 141 Å². The van der Waals surface area contributed by atoms with Crippen molar-refractivity contribution in [1.82, 2.24) is 0 Å². The average Bonchev–Trinajstić information content (AvgIpc) is 2.53. The summed E-state index contributed by atoms with van der Waals surface area (Å²) in [4.78, 5) is 10.9. The number of sulfone groups is 1. The van der Waals surface area contributed by atoms with Gasteiger partial charge in [0.1, 0.15) is 17.2 Å². The number of hydrogen-bond donors (Lipinski definition) is 2. The molecule has 0 radical (unpaired) electrons. The van der Waals surface area contributed by atoms with Crippen LogP contribution in [0, 0.1) is 13.8 Å². The van der Waals surface area contributed by atoms with E-state index in [1.54, 1.807) is 38.1 Å². The van der Waals surface area contributed by atoms with E-state index < -0.39 is 15.8 Å². The van der Waals surface area contributed by atoms with E-state index >= 15 is 0 Å². The van der Waals surface area contributed by atoms with Crippen LogP contribution < -0.4 is 10.1 Å². The minimum Gasteiger partial charge on any atom is -0.495 e. The van der Waals surface area contributed by atoms with Crippen molar-refractivity contribution in [3.05, 3.63) is 47.5 Å². The number of carbonyl (C=O) groups is 1. The molecule has 0 atom stereocenters. The fourth-order valence-corrected chi connectivity index (χ4v) is 4.05. The normalized spacial score (nSPS) is 11.1. The summed E-state index contributed by atoms with van der Waals surface area (Å²) < 4.78 is 31.4. The first-order valence-electron chi connectivity index (χ1n) is 7.21. The molecular weight excluding hydrogens is 330 g/mol. The number of benzene rings is 2. The number of methoxy groups -OCH3 is 1. The van der Waals surface area contributed by atoms with Crippen LogP contribution >= 0.6 is 0 Å². The average molecular weight is 349 g/mol. The highest BCUT2D eigenvalue weighted by Crippen LogP contribution is 2.34. The van der Waals surface area contributed by atoms with Crippen molar-refractivity contribution in [2.45, 2.75) is 23.6 Å². The molecule has 7 heteroatoms. The van der Waals surface area contributed by atoms with E-state index in [0.717, 1.165) is 11.1 Å². The number of ether oxygens (including phenoxy) is 1. The van der Waals surface area contributed by atoms with Gasteiger partial charge in [0.25, 0.3) is 0 Å². The molecule has 0 amide bonds. The summed E-state index contributed by atoms with van der Waals surface area (Å²) in [6.45, 7) is 3.18. The van der Waals surface area contributed by atoms with Gasteiger partial charge in [0.15, 0.2) is 0 Å². The molecular formula is C17H19NO5S. The Morgan fingerprint density at radius 1 is 1.08 bits per heavy atom. The first-order chi connectivity index (χ1) is 11.3. The number of hydrogen-bond acceptors (Lipinski definition) is 5. The van der Waals surface area contributed by atoms with Crippen LogP contribution in [0.25, 0.3) is 0 Å². The highest BCUT2D eigenvalue weighted by atomic mass is 32.2. The Morgan fingerprint density at radius 3 is 2.25 bits per heavy atom. The molecule has 0 saturated heterocycles. The van der Waals surface area contributed by atoms with Crippen LogP contribution in [-0.4, -0.2) is 33.1 Å². The predicted molar refractivity (Wildman–Crippen MR) is 90.5 cm³/mol. The lowest BCUT2D eigenvalue weighted by Gasteiger charge is -2.15. The first kappa shape index (κ1) is 17.8. The van der Waals surface area contributed by atoms with Crippen molar-refractivity contribution < 1.29 is 23.1 Å². The first-order valence-corrected chi connectivity index (χ1v) is 8.70. The van der Waals surface area contributed by atoms with Gasteiger partial charge in [-0.2, -0.15) is 0 Å². The molecule has 0 aliphatic carbocycles. The zero-order valence-electron chi connectivity index (χ0n) is 13.7. The Balaban J connectivity index is 2.63. The number of aryl methyl sites for hydroxylation is 2. The lowest BCUT2D eigenvalue weighted by Crippen LogP contribution is -2.15. The van der Waals surface area contributed by atoms with Crippen LogP contribution in [0.3, 0.4) is 0 Å². The molecule has 0 fully saturated rings. The minimum absolute atomic E-state index is 0.0210. The topological polar surface area (TPSA) is 92.7 Å². The molecule has 0 unspecified atom stereocenters. The molecule has 24 heavy (non-hydrogen) atoms. The molecule has 2 N–H and O–H groups in total. The number of aliphatic carboxylic acids is 1. The second-order valence-electron chi connectivity index (χ2n) is 5.40. The van der Waals surface area contributed by atoms with Crippen molar-refractivity contribution in [3.8, 4) is 5.75 Å². The molecule has 2 aromatic rings. The molecule has 2 rings (SSSR count). The van der Waals surface area contributed by atoms with E-state index in [4.69, 9.17) is 9.84 Å². The van der Waals surface area contributed by atoms with Gasteiger partial charge in [0, 0.05) is 0 Å². The third-order valence-corrected chi connectivity index (χ3v) is 5.28. The van der Waals surface area contributed by atoms with Gasteiger partial charge in [-0.1, -0.05) is 12.1 Å². The Morgan fingerprint density at radius 2 is 1.67 bits per heavy atom. The molecule has 0 bridgehead atoms. The van der Waals surface area contributed by atoms with Gasteiger partial charge >= 0.3 is 5.97 Å². The van der Waals surface area contributed by atoms with Crippen LogP contribution in [0.5, 0.6) is 5.75 Å². The number of nitrogens with one attached hydrogen (secondary N) is 1. The second kappa shape index (κ2) is 6.92. The van der Waals surface area contributed by atoms with E-state index in [1.807, 2.05) is 0 Å². The number of anilines is 1. The quantitative estimate of drug-likeness (QED) is 0.833. The largest absolute Gasteiger partial charge is 0.495 e. The molecule has 128 valence electrons. The monoisotopic (exact) mass is 349 g/mol. The van der Waals surface area contributed by atoms with Crippen LogP contribution in [0.1, 0.15) is 11.1 Å². The number of carboxylic acids is 1. The minimum atomic E-state index is -3.89. The third-order valence-electron chi connectivity index (χ3n) is 3.47. The Kier molecular flexibility index (Phi) is 5.14. The highest BCUT2D eigenvalue weighted by molar-refractivity contribution is 7.91. The molecule has 0 saturated carbocycles. The lowest BCUT2D eigenvalue weighted by atomic mass is 10.2. The Bertz CT molecular complexity index is 875. The van der Waals surface area contributed by atoms with Crippen molar-refractivity contribution in [1.29, 1.82) is 0 Å². The van der Waals surface area contributed by atoms with Gasteiger partial charge in [-0.3, -0.25) is 4.79 Å². The van der Waals surface area contributed by atoms with E-state index in [9.17, 15) is 13.2 Å². The predicted octanol–water partition coefficient (Wildman–Crippen LogP) is 2.64. The molecule has 0 aliphatic heterocycles. The third kappa shape index (κ3) is 3.68. The summed E-state index contributed by atoms with van der Waals surface area (Å²) in [5.74, 6) is -0.835. The second-order valence-corrected chi connectivity index (χ2v) is 7.29. The molecule has 0 aliphatic rings. The van der Waals surface area contributed by atoms with Crippen LogP contribution in [0.15, 0.2) is 46.2 Å². The van der Waals surface area contributed by atoms with Gasteiger partial charge in [0.2, 0.25) is 9.84 Å². The van der Waals surface area contributed by atoms with Gasteiger partial charge < -0.3 is 15.2 Å². The standard InChI is InChI=1S/C17H19NO5S/c1-11-4-6-13(18-10-17(19)20)15(8-11)24(21,22)16-9-12(2)5-7-14(16)23-3/h4-9,18H,10H2,1-3H3,(H,19,20). The smallest absolute Gasteiger partial charge is 0.322 e. The molecule has 0 spiro atoms. The van der Waals surface area contributed by atoms with Crippen LogP contribution in [0.2, 0.25) is 0 Å². The van der Waals surface area contributed by atoms with Gasteiger partial charge in [-0.15, -0.1) is 0 Å². The zero-order valence-corrected chi connectivity index (χ0v) is 14.5. The number of rotatable bonds is 6. The maximum atomic E-state index is 13.1. The van der Waals surface area contributed by atoms with Gasteiger partial charge in [-0.25, -0.2) is 8.42 Å². The molecule has 0 heterocycles. The van der Waals surface area contributed by atoms with E-state index in [0.29, 0.717) is 0 Å². The van der Waals surface area contributed by atoms with Crippen molar-refractivity contribution >= 4 is 21.5 Å². The SMILES string of the molecule is COc1ccc(C)cc1S(=O)(=O)c1cc(C)ccc1NCC(=O)O. The van der Waals surface area contributed by atoms with Crippen molar-refractivity contribution in [3.63, 3.8) is 0 Å². The summed E-state index contributed by atoms with van der Waals surface area (Å²) in [7, 11) is -2.48. The summed E-state index contributed by atoms with van der Waals surface area (Å²) in [5, 5.41) is 11.5. The summed E-state index contributed by atoms with van der Waals surface area (Å²) >= 11 is 0. The van der Waals surface area contributed by atoms with Crippen molar-refractivity contribution in [2.24, 2.45) is 0 Å². The number of carboxylic acid groups (broad SMARTS) is 1. The maximum Gasteiger partial charge on any atom is 0.322 e. The van der Waals surface area contributed by atoms with Crippen molar-refractivity contribution in [2.75, 3.05) is 19.0 Å². The van der Waals surface area contributed by atoms with Crippen LogP contribution in [-0.2, 0) is 14.6 Å². The summed E-state index contributed by atoms with van der Waals surface area (Å²) in [6.07, 6.45) is 0. The van der Waals surface area contributed by atoms with Gasteiger partial charge in [0.05, 0.1) is 17.7 Å². The maximum absolute atomic E-state index is 13.1. The van der Waals surface area contributed by atoms with Crippen LogP contribution in [0.4, 0.5) is 5.69 Å². The van der Waals surface area contributed by atoms with E-state index in [2.05, 4.69) is 5.32 Å². The molecule has 6 nitrogen and oxygen atoms in total. The molecule has 2 aromatic carbocycles. The summed E-state index contributed by atoms with van der Waals surface area (Å²) in [6, 6.07) is 9.70. The van der Waals surface area contributed by atoms with Gasteiger partial charge in [-0.05, 0) is 49.2 Å². The molecule has 0 aromatic heterocycles. The lowest BCUT2D eigenvalue weighted by molar-refractivity contribution is -0.134. The van der Waals surface area contributed by atoms with E-state index in [-0.39, 0.29) is 27.8 Å². The fraction of sp³-hybridized carbons (Fsp3) is 0.235. The summed E-state index contributed by atoms with van der Waals surface area (Å²) in [5.41, 5.74) is 1.77. The zero-order chi connectivity index (χ0) is 17.9.